The maximum Gasteiger partial charge on any atom is 0.0243 e. The van der Waals surface area contributed by atoms with Crippen molar-refractivity contribution in [2.75, 3.05) is 26.2 Å². The third-order valence-corrected chi connectivity index (χ3v) is 4.66. The number of nitrogens with zero attached hydrogens (tertiary/aromatic N) is 1. The van der Waals surface area contributed by atoms with Crippen LogP contribution in [0.2, 0.25) is 0 Å². The van der Waals surface area contributed by atoms with Crippen LogP contribution in [0.25, 0.3) is 0 Å². The average molecular weight is 264 g/mol. The van der Waals surface area contributed by atoms with E-state index in [9.17, 15) is 0 Å². The first-order valence-corrected chi connectivity index (χ1v) is 8.19. The zero-order valence-corrected chi connectivity index (χ0v) is 13.2. The molecule has 0 aromatic rings. The van der Waals surface area contributed by atoms with E-state index >= 15 is 0 Å². The minimum absolute atomic E-state index is 0.368. The molecule has 1 saturated heterocycles. The summed E-state index contributed by atoms with van der Waals surface area (Å²) >= 11 is 0. The molecule has 0 aromatic heterocycles. The normalized spacial score (nSPS) is 26.9. The van der Waals surface area contributed by atoms with Gasteiger partial charge in [0.25, 0.3) is 0 Å². The molecular formula is C17H32N2. The van der Waals surface area contributed by atoms with Crippen molar-refractivity contribution in [1.82, 2.24) is 10.2 Å². The Morgan fingerprint density at radius 1 is 1.26 bits per heavy atom. The van der Waals surface area contributed by atoms with Gasteiger partial charge in [-0.1, -0.05) is 32.4 Å². The molecule has 0 saturated carbocycles. The Labute approximate surface area is 119 Å². The highest BCUT2D eigenvalue weighted by molar-refractivity contribution is 5.05. The SMILES string of the molecule is CC(C)(C)C1CN(CCC2=CCCCC2)CCCN1. The number of hydrogen-bond acceptors (Lipinski definition) is 2. The Hall–Kier alpha value is -0.340. The average Bonchev–Trinajstić information content (AvgIpc) is 2.62. The molecule has 0 bridgehead atoms. The lowest BCUT2D eigenvalue weighted by Crippen LogP contribution is -2.46. The molecule has 2 rings (SSSR count). The van der Waals surface area contributed by atoms with Gasteiger partial charge >= 0.3 is 0 Å². The predicted octanol–water partition coefficient (Wildman–Crippen LogP) is 3.59. The first-order chi connectivity index (χ1) is 9.05. The van der Waals surface area contributed by atoms with Gasteiger partial charge in [-0.3, -0.25) is 0 Å². The summed E-state index contributed by atoms with van der Waals surface area (Å²) < 4.78 is 0. The fourth-order valence-electron chi connectivity index (χ4n) is 3.21. The molecule has 2 aliphatic rings. The minimum atomic E-state index is 0.368. The molecule has 0 amide bonds. The van der Waals surface area contributed by atoms with Crippen LogP contribution in [-0.2, 0) is 0 Å². The first kappa shape index (κ1) is 15.1. The Bertz CT molecular complexity index is 301. The van der Waals surface area contributed by atoms with Crippen LogP contribution in [0.3, 0.4) is 0 Å². The van der Waals surface area contributed by atoms with Crippen molar-refractivity contribution in [2.45, 2.75) is 65.3 Å². The van der Waals surface area contributed by atoms with Crippen molar-refractivity contribution in [3.05, 3.63) is 11.6 Å². The van der Waals surface area contributed by atoms with Crippen LogP contribution >= 0.6 is 0 Å². The first-order valence-electron chi connectivity index (χ1n) is 8.19. The van der Waals surface area contributed by atoms with E-state index in [0.717, 1.165) is 0 Å². The second kappa shape index (κ2) is 6.90. The van der Waals surface area contributed by atoms with Gasteiger partial charge in [0.1, 0.15) is 0 Å². The van der Waals surface area contributed by atoms with E-state index in [1.165, 1.54) is 64.7 Å². The molecule has 19 heavy (non-hydrogen) atoms. The minimum Gasteiger partial charge on any atom is -0.312 e. The van der Waals surface area contributed by atoms with Crippen LogP contribution in [0.5, 0.6) is 0 Å². The Morgan fingerprint density at radius 2 is 2.11 bits per heavy atom. The summed E-state index contributed by atoms with van der Waals surface area (Å²) in [5.41, 5.74) is 2.09. The summed E-state index contributed by atoms with van der Waals surface area (Å²) in [5.74, 6) is 0. The monoisotopic (exact) mass is 264 g/mol. The van der Waals surface area contributed by atoms with Gasteiger partial charge in [0.05, 0.1) is 0 Å². The maximum absolute atomic E-state index is 3.73. The van der Waals surface area contributed by atoms with E-state index in [4.69, 9.17) is 0 Å². The fourth-order valence-corrected chi connectivity index (χ4v) is 3.21. The van der Waals surface area contributed by atoms with Crippen LogP contribution in [0.4, 0.5) is 0 Å². The van der Waals surface area contributed by atoms with Crippen molar-refractivity contribution in [3.8, 4) is 0 Å². The maximum atomic E-state index is 3.73. The van der Waals surface area contributed by atoms with Crippen molar-refractivity contribution in [2.24, 2.45) is 5.41 Å². The van der Waals surface area contributed by atoms with Crippen LogP contribution in [0.1, 0.15) is 59.3 Å². The third kappa shape index (κ3) is 4.92. The van der Waals surface area contributed by atoms with Gasteiger partial charge in [-0.15, -0.1) is 0 Å². The summed E-state index contributed by atoms with van der Waals surface area (Å²) in [6, 6.07) is 0.635. The van der Waals surface area contributed by atoms with Crippen LogP contribution in [-0.4, -0.2) is 37.1 Å². The highest BCUT2D eigenvalue weighted by Crippen LogP contribution is 2.23. The summed E-state index contributed by atoms with van der Waals surface area (Å²) in [6.45, 7) is 12.0. The van der Waals surface area contributed by atoms with Gasteiger partial charge in [-0.2, -0.15) is 0 Å². The Balaban J connectivity index is 1.83. The molecule has 110 valence electrons. The number of rotatable bonds is 3. The Kier molecular flexibility index (Phi) is 5.47. The predicted molar refractivity (Wildman–Crippen MR) is 83.5 cm³/mol. The molecule has 1 fully saturated rings. The van der Waals surface area contributed by atoms with Crippen molar-refractivity contribution < 1.29 is 0 Å². The molecule has 0 aromatic carbocycles. The van der Waals surface area contributed by atoms with Gasteiger partial charge in [0.15, 0.2) is 0 Å². The molecule has 1 aliphatic heterocycles. The van der Waals surface area contributed by atoms with Gasteiger partial charge in [-0.05, 0) is 57.0 Å². The molecule has 1 heterocycles. The van der Waals surface area contributed by atoms with Crippen molar-refractivity contribution >= 4 is 0 Å². The number of hydrogen-bond donors (Lipinski definition) is 1. The summed E-state index contributed by atoms with van der Waals surface area (Å²) in [7, 11) is 0. The van der Waals surface area contributed by atoms with E-state index in [0.29, 0.717) is 11.5 Å². The van der Waals surface area contributed by atoms with Gasteiger partial charge < -0.3 is 10.2 Å². The summed E-state index contributed by atoms with van der Waals surface area (Å²) in [5, 5.41) is 3.73. The molecule has 1 unspecified atom stereocenters. The van der Waals surface area contributed by atoms with Crippen molar-refractivity contribution in [1.29, 1.82) is 0 Å². The van der Waals surface area contributed by atoms with Gasteiger partial charge in [0.2, 0.25) is 0 Å². The van der Waals surface area contributed by atoms with E-state index in [1.807, 2.05) is 0 Å². The van der Waals surface area contributed by atoms with Crippen LogP contribution < -0.4 is 5.32 Å². The molecule has 1 N–H and O–H groups in total. The van der Waals surface area contributed by atoms with E-state index in [-0.39, 0.29) is 0 Å². The Morgan fingerprint density at radius 3 is 2.79 bits per heavy atom. The molecule has 2 heteroatoms. The molecule has 1 atom stereocenters. The molecule has 1 aliphatic carbocycles. The summed E-state index contributed by atoms with van der Waals surface area (Å²) in [4.78, 5) is 2.69. The zero-order valence-electron chi connectivity index (χ0n) is 13.2. The standard InChI is InChI=1S/C17H32N2/c1-17(2,3)16-14-19(12-7-11-18-16)13-10-15-8-5-4-6-9-15/h8,16,18H,4-7,9-14H2,1-3H3. The topological polar surface area (TPSA) is 15.3 Å². The zero-order chi connectivity index (χ0) is 13.7. The van der Waals surface area contributed by atoms with E-state index in [1.54, 1.807) is 5.57 Å². The lowest BCUT2D eigenvalue weighted by molar-refractivity contribution is 0.198. The van der Waals surface area contributed by atoms with Crippen LogP contribution in [0.15, 0.2) is 11.6 Å². The highest BCUT2D eigenvalue weighted by Gasteiger charge is 2.27. The van der Waals surface area contributed by atoms with E-state index < -0.39 is 0 Å². The number of allylic oxidation sites excluding steroid dienone is 1. The second-order valence-corrected chi connectivity index (χ2v) is 7.39. The van der Waals surface area contributed by atoms with Crippen LogP contribution in [0, 0.1) is 5.41 Å². The fraction of sp³-hybridized carbons (Fsp3) is 0.882. The molecule has 2 nitrogen and oxygen atoms in total. The summed E-state index contributed by atoms with van der Waals surface area (Å²) in [6.07, 6.45) is 10.6. The largest absolute Gasteiger partial charge is 0.312 e. The highest BCUT2D eigenvalue weighted by atomic mass is 15.2. The van der Waals surface area contributed by atoms with Gasteiger partial charge in [-0.25, -0.2) is 0 Å². The molecule has 0 spiro atoms. The second-order valence-electron chi connectivity index (χ2n) is 7.39. The quantitative estimate of drug-likeness (QED) is 0.784. The lowest BCUT2D eigenvalue weighted by Gasteiger charge is -2.34. The van der Waals surface area contributed by atoms with Gasteiger partial charge in [0, 0.05) is 19.1 Å². The third-order valence-electron chi connectivity index (χ3n) is 4.66. The molecular weight excluding hydrogens is 232 g/mol. The molecule has 0 radical (unpaired) electrons. The number of nitrogens with one attached hydrogen (secondary N) is 1. The smallest absolute Gasteiger partial charge is 0.0243 e. The lowest BCUT2D eigenvalue weighted by atomic mass is 9.86. The van der Waals surface area contributed by atoms with E-state index in [2.05, 4.69) is 37.1 Å². The van der Waals surface area contributed by atoms with Crippen molar-refractivity contribution in [3.63, 3.8) is 0 Å².